The molecule has 5 atom stereocenters. The number of hydrogen-bond acceptors (Lipinski definition) is 2. The molecular weight excluding hydrogens is 347 g/mol. The van der Waals surface area contributed by atoms with Crippen LogP contribution in [0.1, 0.15) is 49.7 Å². The maximum atomic E-state index is 14.2. The predicted octanol–water partition coefficient (Wildman–Crippen LogP) is 4.33. The molecule has 0 aliphatic heterocycles. The highest BCUT2D eigenvalue weighted by atomic mass is 79.9. The number of benzene rings is 1. The Kier molecular flexibility index (Phi) is 3.20. The van der Waals surface area contributed by atoms with Crippen molar-refractivity contribution in [2.24, 2.45) is 17.3 Å². The molecule has 2 fully saturated rings. The lowest BCUT2D eigenvalue weighted by Gasteiger charge is -2.48. The molecule has 0 unspecified atom stereocenters. The van der Waals surface area contributed by atoms with Gasteiger partial charge in [-0.05, 0) is 67.1 Å². The van der Waals surface area contributed by atoms with Crippen molar-refractivity contribution in [1.29, 1.82) is 0 Å². The van der Waals surface area contributed by atoms with E-state index < -0.39 is 5.82 Å². The minimum Gasteiger partial charge on any atom is -0.505 e. The van der Waals surface area contributed by atoms with E-state index >= 15 is 0 Å². The number of fused-ring (bicyclic) bond motifs is 5. The van der Waals surface area contributed by atoms with Gasteiger partial charge in [0.15, 0.2) is 17.3 Å². The number of carbonyl (C=O) groups is 1. The van der Waals surface area contributed by atoms with Crippen molar-refractivity contribution in [1.82, 2.24) is 0 Å². The van der Waals surface area contributed by atoms with Crippen LogP contribution in [0.2, 0.25) is 0 Å². The molecule has 22 heavy (non-hydrogen) atoms. The second-order valence-corrected chi connectivity index (χ2v) is 8.51. The summed E-state index contributed by atoms with van der Waals surface area (Å²) in [5, 5.41) is 9.61. The SMILES string of the molecule is C[C@]12CC[C@@H]3c4ccc(O)c(F)c4CC[C@H]3[C@@H]1C[C@H](Br)C2=O. The second kappa shape index (κ2) is 4.80. The van der Waals surface area contributed by atoms with E-state index in [1.165, 1.54) is 6.07 Å². The third-order valence-corrected chi connectivity index (χ3v) is 7.31. The third-order valence-electron chi connectivity index (χ3n) is 6.52. The van der Waals surface area contributed by atoms with Crippen LogP contribution >= 0.6 is 15.9 Å². The van der Waals surface area contributed by atoms with Gasteiger partial charge in [0.25, 0.3) is 0 Å². The molecule has 0 amide bonds. The van der Waals surface area contributed by atoms with Gasteiger partial charge < -0.3 is 5.11 Å². The molecule has 0 radical (unpaired) electrons. The zero-order valence-corrected chi connectivity index (χ0v) is 14.2. The quantitative estimate of drug-likeness (QED) is 0.693. The van der Waals surface area contributed by atoms with Gasteiger partial charge in [-0.2, -0.15) is 0 Å². The monoisotopic (exact) mass is 366 g/mol. The number of carbonyl (C=O) groups excluding carboxylic acids is 1. The Morgan fingerprint density at radius 3 is 2.91 bits per heavy atom. The predicted molar refractivity (Wildman–Crippen MR) is 85.8 cm³/mol. The van der Waals surface area contributed by atoms with E-state index in [1.54, 1.807) is 0 Å². The summed E-state index contributed by atoms with van der Waals surface area (Å²) in [6, 6.07) is 3.38. The fourth-order valence-corrected chi connectivity index (χ4v) is 6.29. The van der Waals surface area contributed by atoms with Gasteiger partial charge in [-0.3, -0.25) is 4.79 Å². The first-order chi connectivity index (χ1) is 10.4. The van der Waals surface area contributed by atoms with E-state index in [0.29, 0.717) is 35.5 Å². The molecule has 0 saturated heterocycles. The largest absolute Gasteiger partial charge is 0.505 e. The zero-order chi connectivity index (χ0) is 15.6. The molecule has 0 heterocycles. The molecule has 1 N–H and O–H groups in total. The zero-order valence-electron chi connectivity index (χ0n) is 12.6. The molecule has 2 nitrogen and oxygen atoms in total. The summed E-state index contributed by atoms with van der Waals surface area (Å²) >= 11 is 3.56. The minimum absolute atomic E-state index is 0.0146. The van der Waals surface area contributed by atoms with E-state index in [2.05, 4.69) is 22.9 Å². The van der Waals surface area contributed by atoms with E-state index in [9.17, 15) is 14.3 Å². The average molecular weight is 367 g/mol. The second-order valence-electron chi connectivity index (χ2n) is 7.41. The Hall–Kier alpha value is -0.900. The lowest BCUT2D eigenvalue weighted by atomic mass is 9.55. The van der Waals surface area contributed by atoms with Crippen molar-refractivity contribution in [2.75, 3.05) is 0 Å². The average Bonchev–Trinajstić information content (AvgIpc) is 2.74. The molecule has 3 aliphatic rings. The van der Waals surface area contributed by atoms with Crippen molar-refractivity contribution < 1.29 is 14.3 Å². The summed E-state index contributed by atoms with van der Waals surface area (Å²) in [6.45, 7) is 2.13. The molecule has 1 aromatic carbocycles. The van der Waals surface area contributed by atoms with Crippen molar-refractivity contribution >= 4 is 21.7 Å². The van der Waals surface area contributed by atoms with Crippen LogP contribution in [-0.2, 0) is 11.2 Å². The van der Waals surface area contributed by atoms with Crippen molar-refractivity contribution in [3.8, 4) is 5.75 Å². The van der Waals surface area contributed by atoms with Crippen LogP contribution < -0.4 is 0 Å². The van der Waals surface area contributed by atoms with Gasteiger partial charge >= 0.3 is 0 Å². The van der Waals surface area contributed by atoms with E-state index in [0.717, 1.165) is 31.2 Å². The Labute approximate surface area is 138 Å². The molecule has 3 aliphatic carbocycles. The summed E-state index contributed by atoms with van der Waals surface area (Å²) in [7, 11) is 0. The smallest absolute Gasteiger partial charge is 0.168 e. The van der Waals surface area contributed by atoms with Crippen molar-refractivity contribution in [2.45, 2.75) is 49.8 Å². The van der Waals surface area contributed by atoms with Gasteiger partial charge in [0.1, 0.15) is 0 Å². The van der Waals surface area contributed by atoms with Crippen LogP contribution in [0, 0.1) is 23.1 Å². The first-order valence-electron chi connectivity index (χ1n) is 8.12. The van der Waals surface area contributed by atoms with Crippen LogP contribution in [0.4, 0.5) is 4.39 Å². The number of halogens is 2. The molecule has 1 aromatic rings. The normalized spacial score (nSPS) is 40.0. The first kappa shape index (κ1) is 14.7. The van der Waals surface area contributed by atoms with Gasteiger partial charge in [0.05, 0.1) is 4.83 Å². The fraction of sp³-hybridized carbons (Fsp3) is 0.611. The lowest BCUT2D eigenvalue weighted by Crippen LogP contribution is -2.42. The standard InChI is InChI=1S/C18H20BrFO2/c1-18-7-6-10-9-4-5-15(21)16(20)12(9)3-2-11(10)13(18)8-14(19)17(18)22/h4-5,10-11,13-14,21H,2-3,6-8H2,1H3/t10-,11-,13+,14+,18+/m1/s1. The van der Waals surface area contributed by atoms with Gasteiger partial charge in [-0.15, -0.1) is 0 Å². The summed E-state index contributed by atoms with van der Waals surface area (Å²) in [5.41, 5.74) is 1.56. The number of phenols is 1. The number of hydrogen-bond donors (Lipinski definition) is 1. The Morgan fingerprint density at radius 2 is 2.14 bits per heavy atom. The highest BCUT2D eigenvalue weighted by Gasteiger charge is 2.57. The molecule has 4 rings (SSSR count). The molecule has 4 heteroatoms. The van der Waals surface area contributed by atoms with Gasteiger partial charge in [-0.25, -0.2) is 4.39 Å². The van der Waals surface area contributed by atoms with E-state index in [-0.39, 0.29) is 16.0 Å². The van der Waals surface area contributed by atoms with Crippen LogP contribution in [0.3, 0.4) is 0 Å². The van der Waals surface area contributed by atoms with Gasteiger partial charge in [-0.1, -0.05) is 28.9 Å². The highest BCUT2D eigenvalue weighted by molar-refractivity contribution is 9.10. The van der Waals surface area contributed by atoms with Gasteiger partial charge in [0, 0.05) is 5.41 Å². The number of ketones is 1. The summed E-state index contributed by atoms with van der Waals surface area (Å²) < 4.78 is 14.2. The Morgan fingerprint density at radius 1 is 1.36 bits per heavy atom. The minimum atomic E-state index is -0.440. The highest BCUT2D eigenvalue weighted by Crippen LogP contribution is 2.60. The first-order valence-corrected chi connectivity index (χ1v) is 9.03. The van der Waals surface area contributed by atoms with Crippen molar-refractivity contribution in [3.05, 3.63) is 29.1 Å². The van der Waals surface area contributed by atoms with Crippen LogP contribution in [-0.4, -0.2) is 15.7 Å². The number of rotatable bonds is 0. The lowest BCUT2D eigenvalue weighted by molar-refractivity contribution is -0.128. The molecule has 0 bridgehead atoms. The molecule has 2 saturated carbocycles. The summed E-state index contributed by atoms with van der Waals surface area (Å²) in [6.07, 6.45) is 4.34. The van der Waals surface area contributed by atoms with Crippen LogP contribution in [0.15, 0.2) is 12.1 Å². The third kappa shape index (κ3) is 1.79. The maximum absolute atomic E-state index is 14.2. The summed E-state index contributed by atoms with van der Waals surface area (Å²) in [4.78, 5) is 12.5. The van der Waals surface area contributed by atoms with Gasteiger partial charge in [0.2, 0.25) is 0 Å². The van der Waals surface area contributed by atoms with Crippen LogP contribution in [0.25, 0.3) is 0 Å². The number of Topliss-reactive ketones (excluding diaryl/α,β-unsaturated/α-hetero) is 1. The Bertz CT molecular complexity index is 659. The number of alkyl halides is 1. The molecule has 0 aromatic heterocycles. The van der Waals surface area contributed by atoms with E-state index in [4.69, 9.17) is 0 Å². The van der Waals surface area contributed by atoms with Crippen molar-refractivity contribution in [3.63, 3.8) is 0 Å². The van der Waals surface area contributed by atoms with E-state index in [1.807, 2.05) is 6.07 Å². The number of phenolic OH excluding ortho intramolecular Hbond substituents is 1. The Balaban J connectivity index is 1.75. The summed E-state index contributed by atoms with van der Waals surface area (Å²) in [5.74, 6) is 0.871. The fourth-order valence-electron chi connectivity index (χ4n) is 5.36. The van der Waals surface area contributed by atoms with Crippen LogP contribution in [0.5, 0.6) is 5.75 Å². The topological polar surface area (TPSA) is 37.3 Å². The molecule has 118 valence electrons. The number of aromatic hydroxyl groups is 1. The maximum Gasteiger partial charge on any atom is 0.168 e. The molecular formula is C18H20BrFO2. The molecule has 0 spiro atoms.